The number of rotatable bonds is 10. The molecule has 0 saturated carbocycles. The monoisotopic (exact) mass is 674 g/mol. The highest BCUT2D eigenvalue weighted by molar-refractivity contribution is 6.35. The van der Waals surface area contributed by atoms with Crippen LogP contribution in [-0.4, -0.2) is 65.5 Å². The number of aromatic nitrogens is 1. The highest BCUT2D eigenvalue weighted by Gasteiger charge is 2.41. The molecule has 1 aromatic heterocycles. The molecule has 1 atom stereocenters. The van der Waals surface area contributed by atoms with E-state index < -0.39 is 11.6 Å². The first kappa shape index (κ1) is 33.1. The summed E-state index contributed by atoms with van der Waals surface area (Å²) in [5.41, 5.74) is 12.2. The number of hydrogen-bond acceptors (Lipinski definition) is 5. The highest BCUT2D eigenvalue weighted by Crippen LogP contribution is 2.44. The fraction of sp³-hybridized carbons (Fsp3) is 0.317. The number of nitrogens with zero attached hydrogens (tertiary/aromatic N) is 2. The van der Waals surface area contributed by atoms with Gasteiger partial charge in [-0.3, -0.25) is 4.79 Å². The molecule has 1 aliphatic carbocycles. The van der Waals surface area contributed by atoms with Crippen LogP contribution in [0.5, 0.6) is 0 Å². The van der Waals surface area contributed by atoms with Gasteiger partial charge in [0, 0.05) is 41.2 Å². The molecule has 4 aromatic carbocycles. The van der Waals surface area contributed by atoms with Crippen molar-refractivity contribution >= 4 is 34.4 Å². The molecule has 0 bridgehead atoms. The van der Waals surface area contributed by atoms with Crippen LogP contribution in [0.1, 0.15) is 59.7 Å². The third-order valence-corrected chi connectivity index (χ3v) is 10.8. The molecular formula is C41H43ClN4O3. The van der Waals surface area contributed by atoms with Gasteiger partial charge in [0.15, 0.2) is 5.78 Å². The van der Waals surface area contributed by atoms with Crippen LogP contribution in [0.4, 0.5) is 4.79 Å². The van der Waals surface area contributed by atoms with Crippen molar-refractivity contribution in [1.82, 2.24) is 14.8 Å². The Morgan fingerprint density at radius 1 is 0.939 bits per heavy atom. The SMILES string of the molecule is CC(C)N1CCC(CN(C[C@@](N)(C(=O)c2ccc3c(Cl)c[nH]c3c2)c2ccccc2)C(=O)OCC2c3ccccc3-c3ccccc32)CC1. The molecule has 3 N–H and O–H groups in total. The summed E-state index contributed by atoms with van der Waals surface area (Å²) in [6, 6.07) is 31.8. The van der Waals surface area contributed by atoms with E-state index in [4.69, 9.17) is 22.1 Å². The predicted molar refractivity (Wildman–Crippen MR) is 196 cm³/mol. The lowest BCUT2D eigenvalue weighted by Gasteiger charge is -2.39. The molecule has 2 heterocycles. The first-order valence-electron chi connectivity index (χ1n) is 17.2. The fourth-order valence-corrected chi connectivity index (χ4v) is 7.89. The summed E-state index contributed by atoms with van der Waals surface area (Å²) in [6.45, 7) is 6.98. The molecule has 2 aliphatic rings. The number of likely N-dealkylation sites (tertiary alicyclic amines) is 1. The third-order valence-electron chi connectivity index (χ3n) is 10.5. The molecule has 1 amide bonds. The van der Waals surface area contributed by atoms with Gasteiger partial charge in [-0.05, 0) is 79.6 Å². The van der Waals surface area contributed by atoms with Crippen molar-refractivity contribution in [3.8, 4) is 11.1 Å². The van der Waals surface area contributed by atoms with Crippen LogP contribution in [-0.2, 0) is 10.3 Å². The van der Waals surface area contributed by atoms with Gasteiger partial charge >= 0.3 is 6.09 Å². The van der Waals surface area contributed by atoms with Crippen LogP contribution in [0.25, 0.3) is 22.0 Å². The van der Waals surface area contributed by atoms with E-state index in [1.807, 2.05) is 60.7 Å². The molecule has 0 radical (unpaired) electrons. The topological polar surface area (TPSA) is 91.7 Å². The van der Waals surface area contributed by atoms with Crippen molar-refractivity contribution < 1.29 is 14.3 Å². The number of carbonyl (C=O) groups excluding carboxylic acids is 2. The van der Waals surface area contributed by atoms with Crippen LogP contribution < -0.4 is 5.73 Å². The summed E-state index contributed by atoms with van der Waals surface area (Å²) in [5.74, 6) is -0.106. The van der Waals surface area contributed by atoms with E-state index in [0.29, 0.717) is 28.7 Å². The minimum atomic E-state index is -1.53. The number of hydrogen-bond donors (Lipinski definition) is 2. The summed E-state index contributed by atoms with van der Waals surface area (Å²) >= 11 is 6.34. The Hall–Kier alpha value is -4.43. The maximum Gasteiger partial charge on any atom is 0.409 e. The number of nitrogens with two attached hydrogens (primary N) is 1. The lowest BCUT2D eigenvalue weighted by molar-refractivity contribution is 0.0644. The fourth-order valence-electron chi connectivity index (χ4n) is 7.67. The Morgan fingerprint density at radius 3 is 2.22 bits per heavy atom. The molecule has 1 fully saturated rings. The first-order valence-corrected chi connectivity index (χ1v) is 17.6. The number of Topliss-reactive ketones (excluding diaryl/α,β-unsaturated/α-hetero) is 1. The average molecular weight is 675 g/mol. The van der Waals surface area contributed by atoms with Gasteiger partial charge in [0.25, 0.3) is 0 Å². The number of ketones is 1. The van der Waals surface area contributed by atoms with Crippen LogP contribution in [0.3, 0.4) is 0 Å². The number of benzene rings is 4. The number of amides is 1. The van der Waals surface area contributed by atoms with Gasteiger partial charge in [0.2, 0.25) is 0 Å². The summed E-state index contributed by atoms with van der Waals surface area (Å²) in [6.07, 6.45) is 3.15. The second-order valence-corrected chi connectivity index (χ2v) is 14.2. The quantitative estimate of drug-likeness (QED) is 0.146. The zero-order valence-electron chi connectivity index (χ0n) is 28.1. The Bertz CT molecular complexity index is 1920. The smallest absolute Gasteiger partial charge is 0.409 e. The summed E-state index contributed by atoms with van der Waals surface area (Å²) in [5, 5.41) is 1.41. The number of nitrogens with one attached hydrogen (secondary N) is 1. The lowest BCUT2D eigenvalue weighted by atomic mass is 9.82. The van der Waals surface area contributed by atoms with E-state index in [1.54, 1.807) is 23.2 Å². The number of halogens is 1. The molecule has 1 aliphatic heterocycles. The Kier molecular flexibility index (Phi) is 9.34. The van der Waals surface area contributed by atoms with Crippen molar-refractivity contribution in [2.24, 2.45) is 11.7 Å². The molecule has 7 nitrogen and oxygen atoms in total. The van der Waals surface area contributed by atoms with Crippen molar-refractivity contribution in [2.75, 3.05) is 32.8 Å². The van der Waals surface area contributed by atoms with Crippen molar-refractivity contribution in [3.63, 3.8) is 0 Å². The Morgan fingerprint density at radius 2 is 1.57 bits per heavy atom. The maximum absolute atomic E-state index is 14.6. The van der Waals surface area contributed by atoms with Crippen molar-refractivity contribution in [3.05, 3.63) is 131 Å². The van der Waals surface area contributed by atoms with E-state index >= 15 is 0 Å². The highest BCUT2D eigenvalue weighted by atomic mass is 35.5. The van der Waals surface area contributed by atoms with Crippen molar-refractivity contribution in [1.29, 1.82) is 0 Å². The minimum absolute atomic E-state index is 0.0273. The molecule has 252 valence electrons. The standard InChI is InChI=1S/C41H43ClN4O3/c1-27(2)45-20-18-28(19-21-45)24-46(40(48)49-25-36-33-14-8-6-12-31(33)32-13-7-9-15-34(32)36)26-41(43,30-10-4-3-5-11-30)39(47)29-16-17-35-37(42)23-44-38(35)22-29/h3-17,22-23,27-28,36,44H,18-21,24-26,43H2,1-2H3/t41-/m0/s1. The zero-order valence-corrected chi connectivity index (χ0v) is 28.8. The predicted octanol–water partition coefficient (Wildman–Crippen LogP) is 8.23. The molecule has 5 aromatic rings. The number of fused-ring (bicyclic) bond motifs is 4. The van der Waals surface area contributed by atoms with Gasteiger partial charge < -0.3 is 25.3 Å². The van der Waals surface area contributed by atoms with Crippen LogP contribution in [0.2, 0.25) is 5.02 Å². The third kappa shape index (κ3) is 6.51. The zero-order chi connectivity index (χ0) is 34.1. The van der Waals surface area contributed by atoms with Gasteiger partial charge in [0.05, 0.1) is 11.6 Å². The van der Waals surface area contributed by atoms with Gasteiger partial charge in [-0.15, -0.1) is 0 Å². The maximum atomic E-state index is 14.6. The minimum Gasteiger partial charge on any atom is -0.448 e. The number of ether oxygens (including phenoxy) is 1. The van der Waals surface area contributed by atoms with Crippen LogP contribution in [0.15, 0.2) is 103 Å². The van der Waals surface area contributed by atoms with E-state index in [1.165, 1.54) is 11.1 Å². The number of piperidine rings is 1. The summed E-state index contributed by atoms with van der Waals surface area (Å²) in [4.78, 5) is 36.2. The molecule has 7 rings (SSSR count). The molecule has 49 heavy (non-hydrogen) atoms. The van der Waals surface area contributed by atoms with Gasteiger partial charge in [-0.25, -0.2) is 4.79 Å². The summed E-state index contributed by atoms with van der Waals surface area (Å²) < 4.78 is 6.22. The van der Waals surface area contributed by atoms with Crippen LogP contribution in [0, 0.1) is 5.92 Å². The Labute approximate surface area is 293 Å². The summed E-state index contributed by atoms with van der Waals surface area (Å²) in [7, 11) is 0. The van der Waals surface area contributed by atoms with E-state index in [9.17, 15) is 9.59 Å². The normalized spacial score (nSPS) is 16.3. The molecule has 0 unspecified atom stereocenters. The molecule has 0 spiro atoms. The van der Waals surface area contributed by atoms with E-state index in [-0.39, 0.29) is 30.8 Å². The number of H-pyrrole nitrogens is 1. The molecular weight excluding hydrogens is 632 g/mol. The van der Waals surface area contributed by atoms with Crippen molar-refractivity contribution in [2.45, 2.75) is 44.2 Å². The van der Waals surface area contributed by atoms with E-state index in [2.05, 4.69) is 48.0 Å². The van der Waals surface area contributed by atoms with Gasteiger partial charge in [-0.2, -0.15) is 0 Å². The molecule has 1 saturated heterocycles. The van der Waals surface area contributed by atoms with Gasteiger partial charge in [-0.1, -0.05) is 103 Å². The lowest BCUT2D eigenvalue weighted by Crippen LogP contribution is -2.56. The number of aromatic amines is 1. The molecule has 8 heteroatoms. The van der Waals surface area contributed by atoms with Crippen LogP contribution >= 0.6 is 11.6 Å². The average Bonchev–Trinajstić information content (AvgIpc) is 3.67. The van der Waals surface area contributed by atoms with Gasteiger partial charge in [0.1, 0.15) is 12.1 Å². The second-order valence-electron chi connectivity index (χ2n) is 13.8. The number of carbonyl (C=O) groups is 2. The Balaban J connectivity index is 1.19. The first-order chi connectivity index (χ1) is 23.7. The second kappa shape index (κ2) is 13.8. The van der Waals surface area contributed by atoms with E-state index in [0.717, 1.165) is 48.0 Å². The largest absolute Gasteiger partial charge is 0.448 e.